The molecule has 1 fully saturated rings. The predicted octanol–water partition coefficient (Wildman–Crippen LogP) is 3.59. The van der Waals surface area contributed by atoms with E-state index < -0.39 is 0 Å². The van der Waals surface area contributed by atoms with E-state index in [0.717, 1.165) is 5.69 Å². The summed E-state index contributed by atoms with van der Waals surface area (Å²) in [7, 11) is 0. The van der Waals surface area contributed by atoms with Crippen molar-refractivity contribution >= 4 is 17.3 Å². The van der Waals surface area contributed by atoms with E-state index in [0.29, 0.717) is 11.9 Å². The molecule has 1 unspecified atom stereocenters. The summed E-state index contributed by atoms with van der Waals surface area (Å²) in [4.78, 5) is 6.76. The van der Waals surface area contributed by atoms with Crippen molar-refractivity contribution in [2.45, 2.75) is 44.5 Å². The van der Waals surface area contributed by atoms with Crippen LogP contribution in [0.25, 0.3) is 0 Å². The highest BCUT2D eigenvalue weighted by atomic mass is 35.5. The molecule has 1 atom stereocenters. The van der Waals surface area contributed by atoms with Crippen molar-refractivity contribution in [3.8, 4) is 0 Å². The topological polar surface area (TPSA) is 16.1 Å². The molecule has 3 heteroatoms. The molecule has 1 saturated heterocycles. The van der Waals surface area contributed by atoms with Crippen molar-refractivity contribution in [1.82, 2.24) is 4.98 Å². The molecule has 1 aliphatic heterocycles. The average molecular weight is 239 g/mol. The van der Waals surface area contributed by atoms with Gasteiger partial charge < -0.3 is 4.90 Å². The third kappa shape index (κ3) is 2.49. The Labute approximate surface area is 103 Å². The van der Waals surface area contributed by atoms with Gasteiger partial charge in [-0.05, 0) is 37.8 Å². The van der Waals surface area contributed by atoms with Crippen molar-refractivity contribution < 1.29 is 0 Å². The van der Waals surface area contributed by atoms with E-state index in [-0.39, 0.29) is 0 Å². The molecule has 0 aliphatic carbocycles. The lowest BCUT2D eigenvalue weighted by molar-refractivity contribution is 0.450. The van der Waals surface area contributed by atoms with Crippen molar-refractivity contribution in [1.29, 1.82) is 0 Å². The van der Waals surface area contributed by atoms with Crippen LogP contribution in [0.3, 0.4) is 0 Å². The first kappa shape index (κ1) is 11.7. The van der Waals surface area contributed by atoms with Crippen LogP contribution in [0.4, 0.5) is 5.69 Å². The molecule has 0 aromatic carbocycles. The number of hydrogen-bond acceptors (Lipinski definition) is 2. The lowest BCUT2D eigenvalue weighted by Gasteiger charge is -2.37. The Morgan fingerprint density at radius 1 is 1.50 bits per heavy atom. The zero-order valence-corrected chi connectivity index (χ0v) is 10.6. The Morgan fingerprint density at radius 2 is 2.38 bits per heavy atom. The Bertz CT molecular complexity index is 340. The highest BCUT2D eigenvalue weighted by Crippen LogP contribution is 2.26. The van der Waals surface area contributed by atoms with Crippen LogP contribution in [0.2, 0.25) is 0 Å². The largest absolute Gasteiger partial charge is 0.368 e. The molecule has 2 nitrogen and oxygen atoms in total. The SMILES string of the molecule is CCC1CCCCN1c1ccnc(CCl)c1. The monoisotopic (exact) mass is 238 g/mol. The second kappa shape index (κ2) is 5.53. The Hall–Kier alpha value is -0.760. The number of pyridine rings is 1. The predicted molar refractivity (Wildman–Crippen MR) is 69.1 cm³/mol. The third-order valence-corrected chi connectivity index (χ3v) is 3.64. The average Bonchev–Trinajstić information content (AvgIpc) is 2.38. The van der Waals surface area contributed by atoms with E-state index in [4.69, 9.17) is 11.6 Å². The molecular formula is C13H19ClN2. The molecule has 16 heavy (non-hydrogen) atoms. The van der Waals surface area contributed by atoms with Crippen molar-refractivity contribution in [2.75, 3.05) is 11.4 Å². The van der Waals surface area contributed by atoms with Gasteiger partial charge in [-0.15, -0.1) is 11.6 Å². The van der Waals surface area contributed by atoms with Gasteiger partial charge in [0.25, 0.3) is 0 Å². The summed E-state index contributed by atoms with van der Waals surface area (Å²) in [5, 5.41) is 0. The summed E-state index contributed by atoms with van der Waals surface area (Å²) in [5.74, 6) is 0.498. The number of nitrogens with zero attached hydrogens (tertiary/aromatic N) is 2. The van der Waals surface area contributed by atoms with Crippen LogP contribution in [0, 0.1) is 0 Å². The molecular weight excluding hydrogens is 220 g/mol. The fraction of sp³-hybridized carbons (Fsp3) is 0.615. The van der Waals surface area contributed by atoms with Gasteiger partial charge in [0, 0.05) is 24.5 Å². The second-order valence-electron chi connectivity index (χ2n) is 4.39. The molecule has 2 rings (SSSR count). The first-order valence-corrected chi connectivity index (χ1v) is 6.66. The van der Waals surface area contributed by atoms with Gasteiger partial charge in [0.1, 0.15) is 0 Å². The highest BCUT2D eigenvalue weighted by molar-refractivity contribution is 6.16. The summed E-state index contributed by atoms with van der Waals surface area (Å²) < 4.78 is 0. The number of alkyl halides is 1. The van der Waals surface area contributed by atoms with E-state index in [1.165, 1.54) is 37.9 Å². The molecule has 0 N–H and O–H groups in total. The van der Waals surface area contributed by atoms with Crippen LogP contribution < -0.4 is 4.90 Å². The summed E-state index contributed by atoms with van der Waals surface area (Å²) in [6.07, 6.45) is 7.07. The molecule has 0 radical (unpaired) electrons. The van der Waals surface area contributed by atoms with E-state index in [9.17, 15) is 0 Å². The fourth-order valence-electron chi connectivity index (χ4n) is 2.48. The molecule has 1 aromatic heterocycles. The van der Waals surface area contributed by atoms with E-state index in [1.807, 2.05) is 6.20 Å². The Morgan fingerprint density at radius 3 is 3.12 bits per heavy atom. The van der Waals surface area contributed by atoms with Crippen molar-refractivity contribution in [3.05, 3.63) is 24.0 Å². The summed E-state index contributed by atoms with van der Waals surface area (Å²) >= 11 is 5.83. The first-order valence-electron chi connectivity index (χ1n) is 6.12. The van der Waals surface area contributed by atoms with Crippen molar-refractivity contribution in [2.24, 2.45) is 0 Å². The summed E-state index contributed by atoms with van der Waals surface area (Å²) in [6, 6.07) is 4.92. The molecule has 2 heterocycles. The number of piperidine rings is 1. The maximum atomic E-state index is 5.83. The minimum atomic E-state index is 0.498. The fourth-order valence-corrected chi connectivity index (χ4v) is 2.63. The summed E-state index contributed by atoms with van der Waals surface area (Å²) in [5.41, 5.74) is 2.26. The van der Waals surface area contributed by atoms with Gasteiger partial charge in [-0.3, -0.25) is 4.98 Å². The van der Waals surface area contributed by atoms with Crippen LogP contribution in [-0.4, -0.2) is 17.6 Å². The Balaban J connectivity index is 2.20. The van der Waals surface area contributed by atoms with Crippen LogP contribution >= 0.6 is 11.6 Å². The minimum Gasteiger partial charge on any atom is -0.368 e. The third-order valence-electron chi connectivity index (χ3n) is 3.37. The van der Waals surface area contributed by atoms with Crippen LogP contribution in [-0.2, 0) is 5.88 Å². The van der Waals surface area contributed by atoms with Gasteiger partial charge in [-0.2, -0.15) is 0 Å². The molecule has 0 saturated carbocycles. The molecule has 1 aliphatic rings. The molecule has 0 amide bonds. The number of hydrogen-bond donors (Lipinski definition) is 0. The van der Waals surface area contributed by atoms with E-state index in [2.05, 4.69) is 28.9 Å². The zero-order chi connectivity index (χ0) is 11.4. The van der Waals surface area contributed by atoms with E-state index in [1.54, 1.807) is 0 Å². The van der Waals surface area contributed by atoms with Gasteiger partial charge in [0.15, 0.2) is 0 Å². The molecule has 88 valence electrons. The molecule has 1 aromatic rings. The van der Waals surface area contributed by atoms with Crippen molar-refractivity contribution in [3.63, 3.8) is 0 Å². The number of aromatic nitrogens is 1. The van der Waals surface area contributed by atoms with Gasteiger partial charge in [0.05, 0.1) is 11.6 Å². The van der Waals surface area contributed by atoms with Crippen LogP contribution in [0.1, 0.15) is 38.3 Å². The molecule has 0 bridgehead atoms. The van der Waals surface area contributed by atoms with E-state index >= 15 is 0 Å². The van der Waals surface area contributed by atoms with Crippen LogP contribution in [0.5, 0.6) is 0 Å². The van der Waals surface area contributed by atoms with Gasteiger partial charge in [-0.1, -0.05) is 6.92 Å². The first-order chi connectivity index (χ1) is 7.85. The standard InChI is InChI=1S/C13H19ClN2/c1-2-12-5-3-4-8-16(12)13-6-7-15-11(9-13)10-14/h6-7,9,12H,2-5,8,10H2,1H3. The van der Waals surface area contributed by atoms with Gasteiger partial charge in [0.2, 0.25) is 0 Å². The smallest absolute Gasteiger partial charge is 0.0648 e. The van der Waals surface area contributed by atoms with Gasteiger partial charge >= 0.3 is 0 Å². The minimum absolute atomic E-state index is 0.498. The number of halogens is 1. The quantitative estimate of drug-likeness (QED) is 0.749. The van der Waals surface area contributed by atoms with Crippen LogP contribution in [0.15, 0.2) is 18.3 Å². The zero-order valence-electron chi connectivity index (χ0n) is 9.82. The highest BCUT2D eigenvalue weighted by Gasteiger charge is 2.21. The lowest BCUT2D eigenvalue weighted by atomic mass is 9.99. The lowest BCUT2D eigenvalue weighted by Crippen LogP contribution is -2.39. The number of anilines is 1. The normalized spacial score (nSPS) is 21.1. The number of rotatable bonds is 3. The summed E-state index contributed by atoms with van der Waals surface area (Å²) in [6.45, 7) is 3.44. The maximum Gasteiger partial charge on any atom is 0.0648 e. The molecule has 0 spiro atoms. The Kier molecular flexibility index (Phi) is 4.05. The maximum absolute atomic E-state index is 5.83. The second-order valence-corrected chi connectivity index (χ2v) is 4.66. The van der Waals surface area contributed by atoms with Gasteiger partial charge in [-0.25, -0.2) is 0 Å².